The van der Waals surface area contributed by atoms with E-state index in [0.29, 0.717) is 10.8 Å². The fourth-order valence-electron chi connectivity index (χ4n) is 2.85. The van der Waals surface area contributed by atoms with Gasteiger partial charge in [0.1, 0.15) is 0 Å². The Kier molecular flexibility index (Phi) is 5.82. The Balaban J connectivity index is 2.08. The molecule has 0 aliphatic heterocycles. The maximum absolute atomic E-state index is 12.6. The second kappa shape index (κ2) is 7.22. The van der Waals surface area contributed by atoms with Crippen LogP contribution in [-0.4, -0.2) is 21.0 Å². The zero-order valence-corrected chi connectivity index (χ0v) is 14.7. The molecule has 120 valence electrons. The third-order valence-corrected chi connectivity index (χ3v) is 6.90. The Morgan fingerprint density at radius 3 is 2.76 bits per heavy atom. The summed E-state index contributed by atoms with van der Waals surface area (Å²) in [6, 6.07) is 1.92. The number of nitrogens with one attached hydrogen (secondary N) is 2. The lowest BCUT2D eigenvalue weighted by Crippen LogP contribution is -2.36. The molecule has 1 aliphatic carbocycles. The first-order valence-corrected chi connectivity index (χ1v) is 10.1. The molecule has 2 atom stereocenters. The molecule has 1 aromatic rings. The van der Waals surface area contributed by atoms with Crippen LogP contribution in [-0.2, 0) is 16.6 Å². The molecule has 0 saturated heterocycles. The van der Waals surface area contributed by atoms with Crippen molar-refractivity contribution >= 4 is 21.4 Å². The summed E-state index contributed by atoms with van der Waals surface area (Å²) in [4.78, 5) is 2.42. The Labute approximate surface area is 132 Å². The standard InChI is InChI=1S/C15H26N2O2S2/c1-4-8-16-10-13-9-15(12(3)20-13)21(18,19)17-14-7-5-6-11(14)2/h9,11,14,16-17H,4-8,10H2,1-3H3. The molecule has 1 heterocycles. The Morgan fingerprint density at radius 1 is 1.38 bits per heavy atom. The second-order valence-corrected chi connectivity index (χ2v) is 8.97. The summed E-state index contributed by atoms with van der Waals surface area (Å²) in [6.07, 6.45) is 4.26. The van der Waals surface area contributed by atoms with Gasteiger partial charge in [-0.05, 0) is 44.7 Å². The highest BCUT2D eigenvalue weighted by molar-refractivity contribution is 7.89. The fourth-order valence-corrected chi connectivity index (χ4v) is 5.83. The largest absolute Gasteiger partial charge is 0.312 e. The SMILES string of the molecule is CCCNCc1cc(S(=O)(=O)NC2CCCC2C)c(C)s1. The van der Waals surface area contributed by atoms with Crippen LogP contribution in [0.4, 0.5) is 0 Å². The topological polar surface area (TPSA) is 58.2 Å². The van der Waals surface area contributed by atoms with E-state index in [2.05, 4.69) is 23.9 Å². The minimum Gasteiger partial charge on any atom is -0.312 e. The number of aryl methyl sites for hydroxylation is 1. The van der Waals surface area contributed by atoms with Gasteiger partial charge >= 0.3 is 0 Å². The molecule has 1 aliphatic rings. The van der Waals surface area contributed by atoms with Gasteiger partial charge in [-0.3, -0.25) is 0 Å². The molecule has 2 rings (SSSR count). The summed E-state index contributed by atoms with van der Waals surface area (Å²) >= 11 is 1.57. The molecule has 6 heteroatoms. The number of rotatable bonds is 7. The van der Waals surface area contributed by atoms with E-state index in [-0.39, 0.29) is 6.04 Å². The normalized spacial score (nSPS) is 22.8. The molecule has 2 N–H and O–H groups in total. The van der Waals surface area contributed by atoms with Crippen LogP contribution < -0.4 is 10.0 Å². The van der Waals surface area contributed by atoms with Gasteiger partial charge in [-0.15, -0.1) is 11.3 Å². The zero-order chi connectivity index (χ0) is 15.5. The minimum atomic E-state index is -3.38. The summed E-state index contributed by atoms with van der Waals surface area (Å²) in [6.45, 7) is 7.84. The number of hydrogen-bond donors (Lipinski definition) is 2. The van der Waals surface area contributed by atoms with Gasteiger partial charge in [-0.2, -0.15) is 0 Å². The van der Waals surface area contributed by atoms with E-state index in [1.54, 1.807) is 11.3 Å². The summed E-state index contributed by atoms with van der Waals surface area (Å²) in [5.74, 6) is 0.435. The molecular weight excluding hydrogens is 304 g/mol. The van der Waals surface area contributed by atoms with Crippen molar-refractivity contribution in [3.05, 3.63) is 15.8 Å². The van der Waals surface area contributed by atoms with E-state index in [9.17, 15) is 8.42 Å². The van der Waals surface area contributed by atoms with Gasteiger partial charge in [0, 0.05) is 22.3 Å². The molecule has 2 unspecified atom stereocenters. The van der Waals surface area contributed by atoms with Crippen molar-refractivity contribution in [1.29, 1.82) is 0 Å². The van der Waals surface area contributed by atoms with Crippen LogP contribution in [0.3, 0.4) is 0 Å². The third kappa shape index (κ3) is 4.28. The van der Waals surface area contributed by atoms with Crippen LogP contribution in [0, 0.1) is 12.8 Å². The van der Waals surface area contributed by atoms with E-state index in [0.717, 1.165) is 48.5 Å². The van der Waals surface area contributed by atoms with Crippen LogP contribution in [0.25, 0.3) is 0 Å². The van der Waals surface area contributed by atoms with Gasteiger partial charge in [-0.1, -0.05) is 20.3 Å². The fraction of sp³-hybridized carbons (Fsp3) is 0.733. The van der Waals surface area contributed by atoms with E-state index in [4.69, 9.17) is 0 Å². The van der Waals surface area contributed by atoms with Gasteiger partial charge in [0.05, 0.1) is 4.90 Å². The lowest BCUT2D eigenvalue weighted by Gasteiger charge is -2.17. The summed E-state index contributed by atoms with van der Waals surface area (Å²) in [5.41, 5.74) is 0. The average Bonchev–Trinajstić information content (AvgIpc) is 2.97. The van der Waals surface area contributed by atoms with Gasteiger partial charge in [0.15, 0.2) is 0 Å². The van der Waals surface area contributed by atoms with Crippen molar-refractivity contribution in [1.82, 2.24) is 10.0 Å². The first-order chi connectivity index (χ1) is 9.94. The molecular formula is C15H26N2O2S2. The first kappa shape index (κ1) is 16.9. The predicted molar refractivity (Wildman–Crippen MR) is 88.2 cm³/mol. The molecule has 1 aromatic heterocycles. The number of hydrogen-bond acceptors (Lipinski definition) is 4. The predicted octanol–water partition coefficient (Wildman–Crippen LogP) is 3.02. The molecule has 21 heavy (non-hydrogen) atoms. The summed E-state index contributed by atoms with van der Waals surface area (Å²) in [5, 5.41) is 3.32. The molecule has 0 amide bonds. The molecule has 4 nitrogen and oxygen atoms in total. The smallest absolute Gasteiger partial charge is 0.241 e. The number of sulfonamides is 1. The monoisotopic (exact) mass is 330 g/mol. The van der Waals surface area contributed by atoms with Crippen molar-refractivity contribution in [2.24, 2.45) is 5.92 Å². The molecule has 0 bridgehead atoms. The van der Waals surface area contributed by atoms with Crippen LogP contribution in [0.1, 0.15) is 49.3 Å². The summed E-state index contributed by atoms with van der Waals surface area (Å²) in [7, 11) is -3.38. The molecule has 0 aromatic carbocycles. The average molecular weight is 331 g/mol. The Hall–Kier alpha value is -0.430. The Morgan fingerprint density at radius 2 is 2.14 bits per heavy atom. The molecule has 1 fully saturated rings. The van der Waals surface area contributed by atoms with E-state index in [1.165, 1.54) is 0 Å². The highest BCUT2D eigenvalue weighted by Gasteiger charge is 2.29. The highest BCUT2D eigenvalue weighted by Crippen LogP contribution is 2.29. The maximum atomic E-state index is 12.6. The van der Waals surface area contributed by atoms with Gasteiger partial charge in [0.25, 0.3) is 0 Å². The molecule has 0 radical (unpaired) electrons. The van der Waals surface area contributed by atoms with Crippen molar-refractivity contribution in [3.8, 4) is 0 Å². The van der Waals surface area contributed by atoms with Gasteiger partial charge in [0.2, 0.25) is 10.0 Å². The Bertz CT molecular complexity index is 566. The van der Waals surface area contributed by atoms with Crippen LogP contribution in [0.2, 0.25) is 0 Å². The lowest BCUT2D eigenvalue weighted by molar-refractivity contribution is 0.476. The first-order valence-electron chi connectivity index (χ1n) is 7.76. The van der Waals surface area contributed by atoms with Crippen molar-refractivity contribution in [2.45, 2.75) is 63.9 Å². The molecule has 0 spiro atoms. The van der Waals surface area contributed by atoms with Gasteiger partial charge in [-0.25, -0.2) is 13.1 Å². The van der Waals surface area contributed by atoms with Gasteiger partial charge < -0.3 is 5.32 Å². The van der Waals surface area contributed by atoms with Crippen molar-refractivity contribution in [2.75, 3.05) is 6.54 Å². The lowest BCUT2D eigenvalue weighted by atomic mass is 10.1. The van der Waals surface area contributed by atoms with Crippen molar-refractivity contribution in [3.63, 3.8) is 0 Å². The van der Waals surface area contributed by atoms with E-state index >= 15 is 0 Å². The quantitative estimate of drug-likeness (QED) is 0.756. The van der Waals surface area contributed by atoms with Crippen LogP contribution in [0.5, 0.6) is 0 Å². The maximum Gasteiger partial charge on any atom is 0.241 e. The van der Waals surface area contributed by atoms with E-state index < -0.39 is 10.0 Å². The molecule has 1 saturated carbocycles. The van der Waals surface area contributed by atoms with Crippen molar-refractivity contribution < 1.29 is 8.42 Å². The van der Waals surface area contributed by atoms with Crippen LogP contribution >= 0.6 is 11.3 Å². The van der Waals surface area contributed by atoms with Crippen LogP contribution in [0.15, 0.2) is 11.0 Å². The third-order valence-electron chi connectivity index (χ3n) is 4.11. The summed E-state index contributed by atoms with van der Waals surface area (Å²) < 4.78 is 28.0. The zero-order valence-electron chi connectivity index (χ0n) is 13.1. The minimum absolute atomic E-state index is 0.0935. The highest BCUT2D eigenvalue weighted by atomic mass is 32.2. The second-order valence-electron chi connectivity index (χ2n) is 5.95. The van der Waals surface area contributed by atoms with E-state index in [1.807, 2.05) is 13.0 Å². The number of thiophene rings is 1.